The maximum absolute atomic E-state index is 14.1. The first kappa shape index (κ1) is 23.2. The molecule has 0 aliphatic carbocycles. The standard InChI is InChI=1S/C25H20ClFN4O3S/c1-33-20-11-16(17(26)12-21(20)34-2)23-28-19-10-6-4-8-15(19)22-24(32)29-25(30-31(22)23)35-13-14-7-3-5-9-18(14)27/h3-12,23H,13H2,1-2H3,(H,29,30,32)/t23-/m1/s1. The Bertz CT molecular complexity index is 1480. The average Bonchev–Trinajstić information content (AvgIpc) is 2.87. The molecule has 0 unspecified atom stereocenters. The van der Waals surface area contributed by atoms with Gasteiger partial charge >= 0.3 is 0 Å². The van der Waals surface area contributed by atoms with Crippen LogP contribution >= 0.6 is 23.4 Å². The van der Waals surface area contributed by atoms with E-state index in [1.54, 1.807) is 35.3 Å². The van der Waals surface area contributed by atoms with Crippen LogP contribution in [0.4, 0.5) is 4.39 Å². The van der Waals surface area contributed by atoms with E-state index in [-0.39, 0.29) is 11.7 Å². The fourth-order valence-corrected chi connectivity index (χ4v) is 5.01. The smallest absolute Gasteiger partial charge is 0.276 e. The molecule has 0 fully saturated rings. The van der Waals surface area contributed by atoms with Gasteiger partial charge in [0.1, 0.15) is 11.5 Å². The van der Waals surface area contributed by atoms with Crippen molar-refractivity contribution < 1.29 is 18.7 Å². The van der Waals surface area contributed by atoms with Crippen LogP contribution in [0.3, 0.4) is 0 Å². The van der Waals surface area contributed by atoms with E-state index < -0.39 is 6.17 Å². The monoisotopic (exact) mass is 510 g/mol. The second-order valence-corrected chi connectivity index (χ2v) is 9.05. The van der Waals surface area contributed by atoms with Crippen molar-refractivity contribution in [2.45, 2.75) is 11.9 Å². The molecule has 1 N–H and O–H groups in total. The summed E-state index contributed by atoms with van der Waals surface area (Å²) in [6.45, 7) is 0. The van der Waals surface area contributed by atoms with E-state index in [2.05, 4.69) is 5.32 Å². The lowest BCUT2D eigenvalue weighted by molar-refractivity contribution is -0.116. The van der Waals surface area contributed by atoms with Gasteiger partial charge in [-0.1, -0.05) is 59.8 Å². The maximum atomic E-state index is 14.1. The number of hydrogen-bond donors (Lipinski definition) is 1. The summed E-state index contributed by atoms with van der Waals surface area (Å²) in [7, 11) is 3.06. The topological polar surface area (TPSA) is 75.5 Å². The third-order valence-corrected chi connectivity index (χ3v) is 6.86. The summed E-state index contributed by atoms with van der Waals surface area (Å²) in [5.74, 6) is 0.599. The second kappa shape index (κ2) is 9.59. The number of hydrogen-bond acceptors (Lipinski definition) is 7. The summed E-state index contributed by atoms with van der Waals surface area (Å²) in [4.78, 5) is 18.1. The van der Waals surface area contributed by atoms with Crippen molar-refractivity contribution in [3.63, 3.8) is 0 Å². The average molecular weight is 511 g/mol. The number of nitrogens with one attached hydrogen (secondary N) is 1. The third kappa shape index (κ3) is 4.33. The molecule has 0 spiro atoms. The van der Waals surface area contributed by atoms with Crippen LogP contribution in [-0.4, -0.2) is 30.3 Å². The summed E-state index contributed by atoms with van der Waals surface area (Å²) in [6.07, 6.45) is -0.734. The van der Waals surface area contributed by atoms with Gasteiger partial charge in [0.2, 0.25) is 0 Å². The molecule has 0 saturated carbocycles. The van der Waals surface area contributed by atoms with E-state index in [1.165, 1.54) is 32.0 Å². The first-order chi connectivity index (χ1) is 17.0. The van der Waals surface area contributed by atoms with E-state index in [0.717, 1.165) is 0 Å². The number of carbonyl (C=O) groups is 1. The molecule has 7 nitrogen and oxygen atoms in total. The SMILES string of the molecule is COc1cc(Cl)c([C@@H]2N=c3ccccc3=C3C(=O)NC(SCc4ccccc4F)=NN32)cc1OC. The van der Waals surface area contributed by atoms with Crippen molar-refractivity contribution in [2.75, 3.05) is 14.2 Å². The molecule has 35 heavy (non-hydrogen) atoms. The van der Waals surface area contributed by atoms with Crippen LogP contribution in [0.25, 0.3) is 5.70 Å². The van der Waals surface area contributed by atoms with E-state index in [9.17, 15) is 9.18 Å². The Labute approximate surface area is 209 Å². The van der Waals surface area contributed by atoms with E-state index in [0.29, 0.717) is 54.8 Å². The molecule has 0 radical (unpaired) electrons. The van der Waals surface area contributed by atoms with Crippen molar-refractivity contribution in [1.29, 1.82) is 0 Å². The Morgan fingerprint density at radius 1 is 1.09 bits per heavy atom. The Morgan fingerprint density at radius 3 is 2.57 bits per heavy atom. The van der Waals surface area contributed by atoms with Crippen LogP contribution < -0.4 is 25.4 Å². The number of amidine groups is 1. The number of carbonyl (C=O) groups excluding carboxylic acids is 1. The van der Waals surface area contributed by atoms with Crippen molar-refractivity contribution in [3.8, 4) is 11.5 Å². The molecule has 10 heteroatoms. The van der Waals surface area contributed by atoms with Gasteiger partial charge in [-0.15, -0.1) is 5.10 Å². The van der Waals surface area contributed by atoms with Crippen LogP contribution in [0.15, 0.2) is 70.8 Å². The van der Waals surface area contributed by atoms with Gasteiger partial charge in [0.05, 0.1) is 24.6 Å². The second-order valence-electron chi connectivity index (χ2n) is 7.68. The highest BCUT2D eigenvalue weighted by Crippen LogP contribution is 2.40. The minimum absolute atomic E-state index is 0.296. The summed E-state index contributed by atoms with van der Waals surface area (Å²) in [6, 6.07) is 17.2. The van der Waals surface area contributed by atoms with Crippen LogP contribution in [0, 0.1) is 5.82 Å². The number of para-hydroxylation sites is 1. The normalized spacial score (nSPS) is 16.5. The quantitative estimate of drug-likeness (QED) is 0.568. The maximum Gasteiger partial charge on any atom is 0.276 e. The first-order valence-corrected chi connectivity index (χ1v) is 12.0. The Balaban J connectivity index is 1.61. The number of hydrazone groups is 1. The number of amides is 1. The molecule has 1 atom stereocenters. The summed E-state index contributed by atoms with van der Waals surface area (Å²) in [5.41, 5.74) is 1.45. The van der Waals surface area contributed by atoms with Gasteiger partial charge in [-0.05, 0) is 23.8 Å². The highest BCUT2D eigenvalue weighted by Gasteiger charge is 2.36. The van der Waals surface area contributed by atoms with Gasteiger partial charge in [-0.3, -0.25) is 15.1 Å². The lowest BCUT2D eigenvalue weighted by Crippen LogP contribution is -2.50. The van der Waals surface area contributed by atoms with Gasteiger partial charge < -0.3 is 9.47 Å². The molecule has 178 valence electrons. The first-order valence-electron chi connectivity index (χ1n) is 10.6. The van der Waals surface area contributed by atoms with E-state index >= 15 is 0 Å². The molecule has 0 saturated heterocycles. The predicted molar refractivity (Wildman–Crippen MR) is 133 cm³/mol. The molecule has 0 bridgehead atoms. The van der Waals surface area contributed by atoms with E-state index in [1.807, 2.05) is 24.3 Å². The number of halogens is 2. The van der Waals surface area contributed by atoms with Gasteiger partial charge in [-0.2, -0.15) is 0 Å². The fraction of sp³-hybridized carbons (Fsp3) is 0.160. The molecular weight excluding hydrogens is 491 g/mol. The zero-order valence-electron chi connectivity index (χ0n) is 18.8. The molecule has 3 aromatic rings. The zero-order chi connectivity index (χ0) is 24.5. The van der Waals surface area contributed by atoms with Crippen LogP contribution in [0.2, 0.25) is 5.02 Å². The van der Waals surface area contributed by atoms with Crippen molar-refractivity contribution in [1.82, 2.24) is 10.3 Å². The number of nitrogens with zero attached hydrogens (tertiary/aromatic N) is 3. The predicted octanol–water partition coefficient (Wildman–Crippen LogP) is 3.57. The number of rotatable bonds is 5. The summed E-state index contributed by atoms with van der Waals surface area (Å²) >= 11 is 7.86. The number of methoxy groups -OCH3 is 2. The van der Waals surface area contributed by atoms with Crippen LogP contribution in [0.1, 0.15) is 17.3 Å². The molecule has 0 aromatic heterocycles. The Hall–Kier alpha value is -3.56. The zero-order valence-corrected chi connectivity index (χ0v) is 20.4. The Morgan fingerprint density at radius 2 is 1.80 bits per heavy atom. The van der Waals surface area contributed by atoms with Crippen molar-refractivity contribution >= 4 is 40.1 Å². The molecule has 5 rings (SSSR count). The number of benzene rings is 3. The van der Waals surface area contributed by atoms with Crippen LogP contribution in [0.5, 0.6) is 11.5 Å². The van der Waals surface area contributed by atoms with Gasteiger partial charge in [0.15, 0.2) is 22.8 Å². The van der Waals surface area contributed by atoms with Crippen molar-refractivity contribution in [2.24, 2.45) is 10.1 Å². The molecule has 3 aromatic carbocycles. The van der Waals surface area contributed by atoms with Gasteiger partial charge in [0.25, 0.3) is 5.91 Å². The van der Waals surface area contributed by atoms with Gasteiger partial charge in [-0.25, -0.2) is 9.40 Å². The highest BCUT2D eigenvalue weighted by atomic mass is 35.5. The lowest BCUT2D eigenvalue weighted by Gasteiger charge is -2.34. The summed E-state index contributed by atoms with van der Waals surface area (Å²) in [5, 5.41) is 11.1. The van der Waals surface area contributed by atoms with Crippen molar-refractivity contribution in [3.05, 3.63) is 93.2 Å². The van der Waals surface area contributed by atoms with Gasteiger partial charge in [0, 0.05) is 22.6 Å². The largest absolute Gasteiger partial charge is 0.493 e. The Kier molecular flexibility index (Phi) is 6.36. The highest BCUT2D eigenvalue weighted by molar-refractivity contribution is 8.13. The fourth-order valence-electron chi connectivity index (χ4n) is 3.92. The molecule has 2 aliphatic heterocycles. The molecule has 2 heterocycles. The molecular formula is C25H20ClFN4O3S. The van der Waals surface area contributed by atoms with E-state index in [4.69, 9.17) is 31.2 Å². The minimum atomic E-state index is -0.734. The summed E-state index contributed by atoms with van der Waals surface area (Å²) < 4.78 is 24.9. The molecule has 1 amide bonds. The minimum Gasteiger partial charge on any atom is -0.493 e. The number of fused-ring (bicyclic) bond motifs is 2. The number of thioether (sulfide) groups is 1. The van der Waals surface area contributed by atoms with Crippen LogP contribution in [-0.2, 0) is 10.5 Å². The lowest BCUT2D eigenvalue weighted by atomic mass is 10.1. The molecule has 2 aliphatic rings. The third-order valence-electron chi connectivity index (χ3n) is 5.62. The number of ether oxygens (including phenoxy) is 2.